The molecular weight excluding hydrogens is 400 g/mol. The Morgan fingerprint density at radius 3 is 2.44 bits per heavy atom. The molecule has 0 atom stereocenters. The molecule has 0 radical (unpaired) electrons. The Hall–Kier alpha value is -3.67. The molecule has 0 unspecified atom stereocenters. The van der Waals surface area contributed by atoms with Crippen LogP contribution in [0.1, 0.15) is 54.6 Å². The number of aryl methyl sites for hydroxylation is 1. The van der Waals surface area contributed by atoms with Crippen LogP contribution >= 0.6 is 0 Å². The molecule has 0 aliphatic rings. The van der Waals surface area contributed by atoms with E-state index in [2.05, 4.69) is 41.5 Å². The minimum Gasteiger partial charge on any atom is -0.494 e. The van der Waals surface area contributed by atoms with Crippen molar-refractivity contribution in [2.75, 3.05) is 11.9 Å². The van der Waals surface area contributed by atoms with Gasteiger partial charge in [-0.05, 0) is 72.9 Å². The molecule has 164 valence electrons. The molecular formula is C26H28N4O2. The molecule has 0 saturated carbocycles. The average molecular weight is 429 g/mol. The predicted octanol–water partition coefficient (Wildman–Crippen LogP) is 5.89. The Kier molecular flexibility index (Phi) is 6.21. The topological polar surface area (TPSA) is 69.0 Å². The number of hydrogen-bond acceptors (Lipinski definition) is 4. The van der Waals surface area contributed by atoms with Crippen molar-refractivity contribution in [1.29, 1.82) is 0 Å². The molecule has 3 aromatic carbocycles. The van der Waals surface area contributed by atoms with E-state index in [1.54, 1.807) is 16.9 Å². The standard InChI is InChI=1S/C26H28N4O2/c1-5-13-32-22-8-6-7-20(15-22)26(31)27-23-16-25-24(14-18(23)4)28-30(29-25)21-11-9-19(10-12-21)17(2)3/h6-12,14-17H,5,13H2,1-4H3,(H,27,31). The highest BCUT2D eigenvalue weighted by atomic mass is 16.5. The zero-order valence-electron chi connectivity index (χ0n) is 18.9. The SMILES string of the molecule is CCCOc1cccc(C(=O)Nc2cc3nn(-c4ccc(C(C)C)cc4)nc3cc2C)c1. The molecule has 32 heavy (non-hydrogen) atoms. The maximum absolute atomic E-state index is 12.8. The summed E-state index contributed by atoms with van der Waals surface area (Å²) >= 11 is 0. The molecule has 1 amide bonds. The number of ether oxygens (including phenoxy) is 1. The molecule has 4 aromatic rings. The molecule has 6 heteroatoms. The van der Waals surface area contributed by atoms with E-state index in [-0.39, 0.29) is 5.91 Å². The third-order valence-electron chi connectivity index (χ3n) is 5.33. The second kappa shape index (κ2) is 9.22. The lowest BCUT2D eigenvalue weighted by Gasteiger charge is -2.10. The van der Waals surface area contributed by atoms with Gasteiger partial charge in [-0.25, -0.2) is 0 Å². The van der Waals surface area contributed by atoms with Gasteiger partial charge in [-0.15, -0.1) is 10.2 Å². The van der Waals surface area contributed by atoms with Gasteiger partial charge >= 0.3 is 0 Å². The van der Waals surface area contributed by atoms with Crippen molar-refractivity contribution in [3.8, 4) is 11.4 Å². The summed E-state index contributed by atoms with van der Waals surface area (Å²) in [6.07, 6.45) is 0.915. The Balaban J connectivity index is 1.57. The van der Waals surface area contributed by atoms with E-state index in [1.165, 1.54) is 5.56 Å². The Morgan fingerprint density at radius 2 is 1.75 bits per heavy atom. The number of nitrogens with zero attached hydrogens (tertiary/aromatic N) is 3. The van der Waals surface area contributed by atoms with Gasteiger partial charge in [0.05, 0.1) is 12.3 Å². The summed E-state index contributed by atoms with van der Waals surface area (Å²) in [7, 11) is 0. The van der Waals surface area contributed by atoms with Crippen LogP contribution in [0.3, 0.4) is 0 Å². The van der Waals surface area contributed by atoms with Gasteiger partial charge in [0.25, 0.3) is 5.91 Å². The highest BCUT2D eigenvalue weighted by Gasteiger charge is 2.13. The van der Waals surface area contributed by atoms with E-state index in [4.69, 9.17) is 4.74 Å². The highest BCUT2D eigenvalue weighted by Crippen LogP contribution is 2.24. The third kappa shape index (κ3) is 4.64. The Labute approximate surface area is 188 Å². The van der Waals surface area contributed by atoms with Crippen LogP contribution in [-0.2, 0) is 0 Å². The molecule has 1 N–H and O–H groups in total. The summed E-state index contributed by atoms with van der Waals surface area (Å²) in [6, 6.07) is 19.3. The van der Waals surface area contributed by atoms with E-state index in [9.17, 15) is 4.79 Å². The van der Waals surface area contributed by atoms with E-state index in [0.717, 1.165) is 28.7 Å². The van der Waals surface area contributed by atoms with Gasteiger partial charge < -0.3 is 10.1 Å². The molecule has 1 heterocycles. The third-order valence-corrected chi connectivity index (χ3v) is 5.33. The van der Waals surface area contributed by atoms with Crippen LogP contribution in [0.4, 0.5) is 5.69 Å². The zero-order valence-corrected chi connectivity index (χ0v) is 18.9. The number of aromatic nitrogens is 3. The second-order valence-corrected chi connectivity index (χ2v) is 8.22. The maximum Gasteiger partial charge on any atom is 0.255 e. The normalized spacial score (nSPS) is 11.2. The number of fused-ring (bicyclic) bond motifs is 1. The average Bonchev–Trinajstić information content (AvgIpc) is 3.20. The lowest BCUT2D eigenvalue weighted by Crippen LogP contribution is -2.13. The molecule has 1 aromatic heterocycles. The van der Waals surface area contributed by atoms with Gasteiger partial charge in [-0.3, -0.25) is 4.79 Å². The number of nitrogens with one attached hydrogen (secondary N) is 1. The fraction of sp³-hybridized carbons (Fsp3) is 0.269. The quantitative estimate of drug-likeness (QED) is 0.398. The number of benzene rings is 3. The molecule has 0 aliphatic heterocycles. The van der Waals surface area contributed by atoms with Gasteiger partial charge in [0.2, 0.25) is 0 Å². The molecule has 0 fully saturated rings. The van der Waals surface area contributed by atoms with Crippen molar-refractivity contribution in [3.05, 3.63) is 77.4 Å². The number of carbonyl (C=O) groups is 1. The lowest BCUT2D eigenvalue weighted by atomic mass is 10.0. The zero-order chi connectivity index (χ0) is 22.7. The Bertz CT molecular complexity index is 1240. The monoisotopic (exact) mass is 428 g/mol. The van der Waals surface area contributed by atoms with Crippen molar-refractivity contribution < 1.29 is 9.53 Å². The first-order chi connectivity index (χ1) is 15.4. The minimum atomic E-state index is -0.189. The van der Waals surface area contributed by atoms with Crippen LogP contribution < -0.4 is 10.1 Å². The van der Waals surface area contributed by atoms with E-state index < -0.39 is 0 Å². The van der Waals surface area contributed by atoms with Gasteiger partial charge in [0.1, 0.15) is 16.8 Å². The minimum absolute atomic E-state index is 0.189. The largest absolute Gasteiger partial charge is 0.494 e. The highest BCUT2D eigenvalue weighted by molar-refractivity contribution is 6.05. The van der Waals surface area contributed by atoms with Gasteiger partial charge in [-0.1, -0.05) is 39.0 Å². The van der Waals surface area contributed by atoms with Gasteiger partial charge in [0, 0.05) is 11.3 Å². The first-order valence-electron chi connectivity index (χ1n) is 11.0. The fourth-order valence-corrected chi connectivity index (χ4v) is 3.45. The van der Waals surface area contributed by atoms with Gasteiger partial charge in [-0.2, -0.15) is 4.80 Å². The van der Waals surface area contributed by atoms with Crippen LogP contribution in [0.5, 0.6) is 5.75 Å². The van der Waals surface area contributed by atoms with Gasteiger partial charge in [0.15, 0.2) is 0 Å². The summed E-state index contributed by atoms with van der Waals surface area (Å²) in [6.45, 7) is 8.96. The summed E-state index contributed by atoms with van der Waals surface area (Å²) in [5.41, 5.74) is 5.86. The van der Waals surface area contributed by atoms with Crippen LogP contribution in [0.15, 0.2) is 60.7 Å². The smallest absolute Gasteiger partial charge is 0.255 e. The number of anilines is 1. The number of carbonyl (C=O) groups excluding carboxylic acids is 1. The number of amides is 1. The predicted molar refractivity (Wildman–Crippen MR) is 128 cm³/mol. The van der Waals surface area contributed by atoms with Crippen LogP contribution in [-0.4, -0.2) is 27.5 Å². The summed E-state index contributed by atoms with van der Waals surface area (Å²) < 4.78 is 5.64. The second-order valence-electron chi connectivity index (χ2n) is 8.22. The summed E-state index contributed by atoms with van der Waals surface area (Å²) in [4.78, 5) is 14.5. The first-order valence-corrected chi connectivity index (χ1v) is 11.0. The van der Waals surface area contributed by atoms with Crippen molar-refractivity contribution in [3.63, 3.8) is 0 Å². The van der Waals surface area contributed by atoms with Crippen molar-refractivity contribution in [2.24, 2.45) is 0 Å². The molecule has 0 aliphatic carbocycles. The lowest BCUT2D eigenvalue weighted by molar-refractivity contribution is 0.102. The molecule has 0 spiro atoms. The van der Waals surface area contributed by atoms with Crippen LogP contribution in [0.25, 0.3) is 16.7 Å². The molecule has 0 bridgehead atoms. The van der Waals surface area contributed by atoms with E-state index in [0.29, 0.717) is 29.5 Å². The molecule has 6 nitrogen and oxygen atoms in total. The molecule has 0 saturated heterocycles. The molecule has 4 rings (SSSR count). The number of rotatable bonds is 7. The van der Waals surface area contributed by atoms with E-state index >= 15 is 0 Å². The van der Waals surface area contributed by atoms with Crippen molar-refractivity contribution in [1.82, 2.24) is 15.0 Å². The van der Waals surface area contributed by atoms with Crippen LogP contribution in [0, 0.1) is 6.92 Å². The van der Waals surface area contributed by atoms with Crippen molar-refractivity contribution >= 4 is 22.6 Å². The van der Waals surface area contributed by atoms with E-state index in [1.807, 2.05) is 50.2 Å². The maximum atomic E-state index is 12.8. The first kappa shape index (κ1) is 21.6. The summed E-state index contributed by atoms with van der Waals surface area (Å²) in [5.74, 6) is 0.977. The fourth-order valence-electron chi connectivity index (χ4n) is 3.45. The number of hydrogen-bond donors (Lipinski definition) is 1. The summed E-state index contributed by atoms with van der Waals surface area (Å²) in [5, 5.41) is 12.2. The van der Waals surface area contributed by atoms with Crippen LogP contribution in [0.2, 0.25) is 0 Å². The van der Waals surface area contributed by atoms with Crippen molar-refractivity contribution in [2.45, 2.75) is 40.0 Å². The Morgan fingerprint density at radius 1 is 1.03 bits per heavy atom.